The van der Waals surface area contributed by atoms with Crippen molar-refractivity contribution in [2.45, 2.75) is 40.0 Å². The van der Waals surface area contributed by atoms with E-state index in [1.807, 2.05) is 35.9 Å². The quantitative estimate of drug-likeness (QED) is 0.479. The van der Waals surface area contributed by atoms with Gasteiger partial charge < -0.3 is 14.0 Å². The molecule has 1 aliphatic rings. The monoisotopic (exact) mass is 417 g/mol. The first kappa shape index (κ1) is 19.4. The molecule has 0 N–H and O–H groups in total. The lowest BCUT2D eigenvalue weighted by molar-refractivity contribution is -0.00153. The summed E-state index contributed by atoms with van der Waals surface area (Å²) < 4.78 is 19.1. The molecule has 0 amide bonds. The maximum atomic E-state index is 6.16. The summed E-state index contributed by atoms with van der Waals surface area (Å²) in [6, 6.07) is 14.0. The van der Waals surface area contributed by atoms with Crippen molar-refractivity contribution in [1.82, 2.24) is 25.1 Å². The van der Waals surface area contributed by atoms with Crippen LogP contribution < -0.4 is 4.74 Å². The van der Waals surface area contributed by atoms with Crippen LogP contribution in [0.4, 0.5) is 0 Å². The second-order valence-corrected chi connectivity index (χ2v) is 7.61. The molecule has 8 heteroatoms. The molecule has 5 rings (SSSR count). The van der Waals surface area contributed by atoms with Crippen LogP contribution in [0.3, 0.4) is 0 Å². The molecule has 4 aromatic rings. The van der Waals surface area contributed by atoms with Gasteiger partial charge in [0, 0.05) is 5.56 Å². The zero-order chi connectivity index (χ0) is 21.4. The number of aromatic nitrogens is 5. The summed E-state index contributed by atoms with van der Waals surface area (Å²) in [4.78, 5) is 4.53. The fourth-order valence-electron chi connectivity index (χ4n) is 3.88. The van der Waals surface area contributed by atoms with Gasteiger partial charge in [0.1, 0.15) is 11.9 Å². The molecule has 0 fully saturated rings. The lowest BCUT2D eigenvalue weighted by atomic mass is 10.0. The summed E-state index contributed by atoms with van der Waals surface area (Å²) in [5.41, 5.74) is 5.82. The van der Waals surface area contributed by atoms with E-state index in [4.69, 9.17) is 14.0 Å². The zero-order valence-corrected chi connectivity index (χ0v) is 17.7. The summed E-state index contributed by atoms with van der Waals surface area (Å²) in [7, 11) is 0. The SMILES string of the molecule is CCOc1cccc(-c2noc(-c3nnn4c3CO[C@H](c3ccc(C)cc3C)C4)n2)c1. The molecule has 0 unspecified atom stereocenters. The Morgan fingerprint density at radius 3 is 2.90 bits per heavy atom. The second-order valence-electron chi connectivity index (χ2n) is 7.61. The molecule has 0 saturated heterocycles. The zero-order valence-electron chi connectivity index (χ0n) is 17.7. The van der Waals surface area contributed by atoms with Crippen LogP contribution >= 0.6 is 0 Å². The first-order valence-corrected chi connectivity index (χ1v) is 10.3. The van der Waals surface area contributed by atoms with Crippen molar-refractivity contribution in [3.05, 3.63) is 64.8 Å². The van der Waals surface area contributed by atoms with Gasteiger partial charge in [-0.3, -0.25) is 0 Å². The molecule has 0 radical (unpaired) electrons. The molecule has 0 bridgehead atoms. The minimum absolute atomic E-state index is 0.0674. The lowest BCUT2D eigenvalue weighted by Crippen LogP contribution is -2.22. The number of hydrogen-bond donors (Lipinski definition) is 0. The first-order valence-electron chi connectivity index (χ1n) is 10.3. The van der Waals surface area contributed by atoms with Crippen molar-refractivity contribution in [2.24, 2.45) is 0 Å². The normalized spacial score (nSPS) is 15.6. The number of nitrogens with zero attached hydrogens (tertiary/aromatic N) is 5. The van der Waals surface area contributed by atoms with Gasteiger partial charge in [-0.15, -0.1) is 5.10 Å². The summed E-state index contributed by atoms with van der Waals surface area (Å²) >= 11 is 0. The van der Waals surface area contributed by atoms with Crippen LogP contribution in [0.25, 0.3) is 23.0 Å². The second kappa shape index (κ2) is 7.96. The minimum atomic E-state index is -0.0674. The van der Waals surface area contributed by atoms with Crippen molar-refractivity contribution in [3.8, 4) is 28.7 Å². The van der Waals surface area contributed by atoms with Crippen LogP contribution in [0.2, 0.25) is 0 Å². The van der Waals surface area contributed by atoms with Crippen molar-refractivity contribution in [1.29, 1.82) is 0 Å². The van der Waals surface area contributed by atoms with Crippen molar-refractivity contribution >= 4 is 0 Å². The molecule has 2 aromatic heterocycles. The highest BCUT2D eigenvalue weighted by molar-refractivity contribution is 5.60. The Morgan fingerprint density at radius 1 is 1.16 bits per heavy atom. The Hall–Kier alpha value is -3.52. The van der Waals surface area contributed by atoms with Crippen molar-refractivity contribution in [3.63, 3.8) is 0 Å². The third-order valence-electron chi connectivity index (χ3n) is 5.40. The summed E-state index contributed by atoms with van der Waals surface area (Å²) in [6.07, 6.45) is -0.0674. The molecule has 3 heterocycles. The van der Waals surface area contributed by atoms with Gasteiger partial charge in [-0.1, -0.05) is 46.3 Å². The summed E-state index contributed by atoms with van der Waals surface area (Å²) in [5.74, 6) is 1.56. The average Bonchev–Trinajstić information content (AvgIpc) is 3.41. The molecular formula is C23H23N5O3. The van der Waals surface area contributed by atoms with Gasteiger partial charge in [-0.25, -0.2) is 4.68 Å². The third kappa shape index (κ3) is 3.70. The molecule has 1 aliphatic heterocycles. The number of fused-ring (bicyclic) bond motifs is 1. The standard InChI is InChI=1S/C23H23N5O3/c1-4-29-17-7-5-6-16(11-17)22-24-23(31-26-22)21-19-13-30-20(12-28(19)27-25-21)18-9-8-14(2)10-15(18)3/h5-11,20H,4,12-13H2,1-3H3/t20-/m0/s1. The lowest BCUT2D eigenvalue weighted by Gasteiger charge is -2.25. The highest BCUT2D eigenvalue weighted by Crippen LogP contribution is 2.32. The Kier molecular flexibility index (Phi) is 4.99. The predicted molar refractivity (Wildman–Crippen MR) is 113 cm³/mol. The molecule has 0 saturated carbocycles. The van der Waals surface area contributed by atoms with Gasteiger partial charge in [-0.05, 0) is 44.0 Å². The number of ether oxygens (including phenoxy) is 2. The van der Waals surface area contributed by atoms with E-state index < -0.39 is 0 Å². The van der Waals surface area contributed by atoms with E-state index in [1.54, 1.807) is 0 Å². The Balaban J connectivity index is 1.40. The Morgan fingerprint density at radius 2 is 2.06 bits per heavy atom. The summed E-state index contributed by atoms with van der Waals surface area (Å²) in [5, 5.41) is 12.7. The highest BCUT2D eigenvalue weighted by Gasteiger charge is 2.28. The molecule has 8 nitrogen and oxygen atoms in total. The smallest absolute Gasteiger partial charge is 0.280 e. The van der Waals surface area contributed by atoms with Gasteiger partial charge in [0.05, 0.1) is 25.5 Å². The van der Waals surface area contributed by atoms with Crippen LogP contribution in [-0.2, 0) is 17.9 Å². The van der Waals surface area contributed by atoms with Gasteiger partial charge >= 0.3 is 0 Å². The molecular weight excluding hydrogens is 394 g/mol. The maximum Gasteiger partial charge on any atom is 0.280 e. The number of rotatable bonds is 5. The average molecular weight is 417 g/mol. The van der Waals surface area contributed by atoms with Crippen LogP contribution in [0.1, 0.15) is 35.4 Å². The van der Waals surface area contributed by atoms with E-state index in [0.717, 1.165) is 17.0 Å². The minimum Gasteiger partial charge on any atom is -0.494 e. The van der Waals surface area contributed by atoms with Crippen LogP contribution in [-0.4, -0.2) is 31.7 Å². The Labute approximate surface area is 179 Å². The van der Waals surface area contributed by atoms with E-state index in [1.165, 1.54) is 16.7 Å². The van der Waals surface area contributed by atoms with Gasteiger partial charge in [-0.2, -0.15) is 4.98 Å². The molecule has 158 valence electrons. The third-order valence-corrected chi connectivity index (χ3v) is 5.40. The topological polar surface area (TPSA) is 88.1 Å². The van der Waals surface area contributed by atoms with Crippen molar-refractivity contribution < 1.29 is 14.0 Å². The van der Waals surface area contributed by atoms with E-state index in [-0.39, 0.29) is 6.10 Å². The van der Waals surface area contributed by atoms with Gasteiger partial charge in [0.2, 0.25) is 5.82 Å². The van der Waals surface area contributed by atoms with Gasteiger partial charge in [0.25, 0.3) is 5.89 Å². The molecule has 0 aliphatic carbocycles. The molecule has 2 aromatic carbocycles. The predicted octanol–water partition coefficient (Wildman–Crippen LogP) is 4.28. The van der Waals surface area contributed by atoms with E-state index in [0.29, 0.717) is 37.2 Å². The molecule has 1 atom stereocenters. The largest absolute Gasteiger partial charge is 0.494 e. The van der Waals surface area contributed by atoms with E-state index in [9.17, 15) is 0 Å². The van der Waals surface area contributed by atoms with Gasteiger partial charge in [0.15, 0.2) is 5.69 Å². The number of benzene rings is 2. The number of aryl methyl sites for hydroxylation is 2. The van der Waals surface area contributed by atoms with Crippen LogP contribution in [0.15, 0.2) is 47.0 Å². The maximum absolute atomic E-state index is 6.16. The fraction of sp³-hybridized carbons (Fsp3) is 0.304. The highest BCUT2D eigenvalue weighted by atomic mass is 16.5. The summed E-state index contributed by atoms with van der Waals surface area (Å²) in [6.45, 7) is 7.69. The first-order chi connectivity index (χ1) is 15.1. The molecule has 0 spiro atoms. The Bertz CT molecular complexity index is 1230. The molecule has 31 heavy (non-hydrogen) atoms. The van der Waals surface area contributed by atoms with E-state index >= 15 is 0 Å². The fourth-order valence-corrected chi connectivity index (χ4v) is 3.88. The van der Waals surface area contributed by atoms with Crippen LogP contribution in [0, 0.1) is 13.8 Å². The van der Waals surface area contributed by atoms with E-state index in [2.05, 4.69) is 52.5 Å². The van der Waals surface area contributed by atoms with Crippen molar-refractivity contribution in [2.75, 3.05) is 6.61 Å². The van der Waals surface area contributed by atoms with Crippen LogP contribution in [0.5, 0.6) is 5.75 Å². The number of hydrogen-bond acceptors (Lipinski definition) is 7.